The van der Waals surface area contributed by atoms with Crippen molar-refractivity contribution in [3.63, 3.8) is 0 Å². The van der Waals surface area contributed by atoms with E-state index in [-0.39, 0.29) is 5.69 Å². The van der Waals surface area contributed by atoms with E-state index in [0.29, 0.717) is 5.56 Å². The molecule has 1 aromatic heterocycles. The Morgan fingerprint density at radius 3 is 2.29 bits per heavy atom. The van der Waals surface area contributed by atoms with Crippen LogP contribution in [-0.2, 0) is 6.18 Å². The van der Waals surface area contributed by atoms with Gasteiger partial charge in [0.05, 0.1) is 22.6 Å². The summed E-state index contributed by atoms with van der Waals surface area (Å²) in [5.41, 5.74) is 3.13. The Labute approximate surface area is 177 Å². The molecule has 4 nitrogen and oxygen atoms in total. The number of hydrogen-bond acceptors (Lipinski definition) is 2. The fraction of sp³-hybridized carbons (Fsp3) is 0.0833. The standard InChI is InChI=1S/C24H18F3N3O/c1-16-14-22(17-6-3-2-4-7-17)30(29-16)21-12-10-18(11-13-21)23(31)28-20-9-5-8-19(15-20)24(25,26)27/h2-15H,1H3,(H,28,31). The van der Waals surface area contributed by atoms with Crippen LogP contribution in [0.2, 0.25) is 0 Å². The molecule has 0 bridgehead atoms. The van der Waals surface area contributed by atoms with Gasteiger partial charge in [-0.05, 0) is 55.5 Å². The van der Waals surface area contributed by atoms with Gasteiger partial charge in [-0.25, -0.2) is 4.68 Å². The molecule has 1 N–H and O–H groups in total. The number of aromatic nitrogens is 2. The largest absolute Gasteiger partial charge is 0.416 e. The van der Waals surface area contributed by atoms with Crippen LogP contribution in [0.15, 0.2) is 84.9 Å². The fourth-order valence-electron chi connectivity index (χ4n) is 3.24. The number of amides is 1. The number of halogens is 3. The van der Waals surface area contributed by atoms with Crippen LogP contribution in [0.1, 0.15) is 21.6 Å². The summed E-state index contributed by atoms with van der Waals surface area (Å²) in [5.74, 6) is -0.495. The first-order valence-corrected chi connectivity index (χ1v) is 9.52. The first-order valence-electron chi connectivity index (χ1n) is 9.52. The molecule has 0 radical (unpaired) electrons. The van der Waals surface area contributed by atoms with E-state index in [4.69, 9.17) is 0 Å². The molecule has 3 aromatic carbocycles. The monoisotopic (exact) mass is 421 g/mol. The van der Waals surface area contributed by atoms with E-state index in [0.717, 1.165) is 34.8 Å². The van der Waals surface area contributed by atoms with E-state index in [9.17, 15) is 18.0 Å². The second-order valence-corrected chi connectivity index (χ2v) is 7.03. The summed E-state index contributed by atoms with van der Waals surface area (Å²) in [6.45, 7) is 1.90. The summed E-state index contributed by atoms with van der Waals surface area (Å²) >= 11 is 0. The third kappa shape index (κ3) is 4.50. The van der Waals surface area contributed by atoms with Crippen LogP contribution in [-0.4, -0.2) is 15.7 Å². The first kappa shape index (κ1) is 20.4. The Balaban J connectivity index is 1.57. The normalized spacial score (nSPS) is 11.4. The van der Waals surface area contributed by atoms with Crippen LogP contribution in [0.4, 0.5) is 18.9 Å². The van der Waals surface area contributed by atoms with Gasteiger partial charge in [0, 0.05) is 16.8 Å². The van der Waals surface area contributed by atoms with Crippen LogP contribution >= 0.6 is 0 Å². The van der Waals surface area contributed by atoms with Crippen molar-refractivity contribution < 1.29 is 18.0 Å². The summed E-state index contributed by atoms with van der Waals surface area (Å²) in [4.78, 5) is 12.5. The molecule has 0 fully saturated rings. The number of rotatable bonds is 4. The van der Waals surface area contributed by atoms with Gasteiger partial charge < -0.3 is 5.32 Å². The molecule has 1 heterocycles. The Morgan fingerprint density at radius 2 is 1.61 bits per heavy atom. The van der Waals surface area contributed by atoms with Crippen LogP contribution < -0.4 is 5.32 Å². The maximum absolute atomic E-state index is 12.9. The summed E-state index contributed by atoms with van der Waals surface area (Å²) in [7, 11) is 0. The average molecular weight is 421 g/mol. The highest BCUT2D eigenvalue weighted by molar-refractivity contribution is 6.04. The van der Waals surface area contributed by atoms with Crippen molar-refractivity contribution in [3.8, 4) is 16.9 Å². The zero-order chi connectivity index (χ0) is 22.0. The molecule has 1 amide bonds. The highest BCUT2D eigenvalue weighted by atomic mass is 19.4. The minimum absolute atomic E-state index is 0.0815. The van der Waals surface area contributed by atoms with Crippen LogP contribution in [0.25, 0.3) is 16.9 Å². The molecule has 0 spiro atoms. The summed E-state index contributed by atoms with van der Waals surface area (Å²) < 4.78 is 40.4. The lowest BCUT2D eigenvalue weighted by Crippen LogP contribution is -2.13. The highest BCUT2D eigenvalue weighted by Gasteiger charge is 2.30. The van der Waals surface area contributed by atoms with E-state index in [1.807, 2.05) is 43.3 Å². The third-order valence-electron chi connectivity index (χ3n) is 4.72. The molecule has 0 saturated heterocycles. The molecule has 156 valence electrons. The van der Waals surface area contributed by atoms with Crippen LogP contribution in [0, 0.1) is 6.92 Å². The molecule has 0 aliphatic heterocycles. The van der Waals surface area contributed by atoms with Gasteiger partial charge in [-0.1, -0.05) is 36.4 Å². The Bertz CT molecular complexity index is 1210. The fourth-order valence-corrected chi connectivity index (χ4v) is 3.24. The minimum Gasteiger partial charge on any atom is -0.322 e. The van der Waals surface area contributed by atoms with Crippen molar-refractivity contribution in [2.24, 2.45) is 0 Å². The van der Waals surface area contributed by atoms with Crippen molar-refractivity contribution in [2.75, 3.05) is 5.32 Å². The van der Waals surface area contributed by atoms with Crippen LogP contribution in [0.5, 0.6) is 0 Å². The number of carbonyl (C=O) groups excluding carboxylic acids is 1. The van der Waals surface area contributed by atoms with Crippen molar-refractivity contribution in [1.82, 2.24) is 9.78 Å². The zero-order valence-electron chi connectivity index (χ0n) is 16.5. The van der Waals surface area contributed by atoms with E-state index < -0.39 is 17.6 Å². The Kier molecular flexibility index (Phi) is 5.33. The molecule has 0 unspecified atom stereocenters. The molecule has 0 atom stereocenters. The quantitative estimate of drug-likeness (QED) is 0.432. The second kappa shape index (κ2) is 8.10. The number of aryl methyl sites for hydroxylation is 1. The van der Waals surface area contributed by atoms with Gasteiger partial charge >= 0.3 is 6.18 Å². The number of carbonyl (C=O) groups is 1. The maximum Gasteiger partial charge on any atom is 0.416 e. The topological polar surface area (TPSA) is 46.9 Å². The Hall–Kier alpha value is -3.87. The lowest BCUT2D eigenvalue weighted by molar-refractivity contribution is -0.137. The Morgan fingerprint density at radius 1 is 0.903 bits per heavy atom. The van der Waals surface area contributed by atoms with Gasteiger partial charge in [0.2, 0.25) is 0 Å². The van der Waals surface area contributed by atoms with E-state index in [2.05, 4.69) is 10.4 Å². The zero-order valence-corrected chi connectivity index (χ0v) is 16.5. The molecule has 4 aromatic rings. The van der Waals surface area contributed by atoms with E-state index >= 15 is 0 Å². The number of benzene rings is 3. The van der Waals surface area contributed by atoms with Crippen molar-refractivity contribution in [3.05, 3.63) is 102 Å². The van der Waals surface area contributed by atoms with Gasteiger partial charge in [0.25, 0.3) is 5.91 Å². The van der Waals surface area contributed by atoms with Crippen LogP contribution in [0.3, 0.4) is 0 Å². The predicted molar refractivity (Wildman–Crippen MR) is 113 cm³/mol. The van der Waals surface area contributed by atoms with Gasteiger partial charge in [-0.15, -0.1) is 0 Å². The van der Waals surface area contributed by atoms with E-state index in [1.54, 1.807) is 28.9 Å². The van der Waals surface area contributed by atoms with Gasteiger partial charge in [0.15, 0.2) is 0 Å². The molecule has 4 rings (SSSR count). The van der Waals surface area contributed by atoms with Gasteiger partial charge in [-0.3, -0.25) is 4.79 Å². The average Bonchev–Trinajstić information content (AvgIpc) is 3.16. The van der Waals surface area contributed by atoms with Gasteiger partial charge in [-0.2, -0.15) is 18.3 Å². The number of alkyl halides is 3. The minimum atomic E-state index is -4.47. The molecule has 31 heavy (non-hydrogen) atoms. The number of anilines is 1. The SMILES string of the molecule is Cc1cc(-c2ccccc2)n(-c2ccc(C(=O)Nc3cccc(C(F)(F)F)c3)cc2)n1. The molecule has 0 saturated carbocycles. The highest BCUT2D eigenvalue weighted by Crippen LogP contribution is 2.31. The smallest absolute Gasteiger partial charge is 0.322 e. The predicted octanol–water partition coefficient (Wildman–Crippen LogP) is 6.12. The first-order chi connectivity index (χ1) is 14.8. The summed E-state index contributed by atoms with van der Waals surface area (Å²) in [6.07, 6.45) is -4.47. The molecule has 7 heteroatoms. The van der Waals surface area contributed by atoms with Crippen molar-refractivity contribution in [2.45, 2.75) is 13.1 Å². The third-order valence-corrected chi connectivity index (χ3v) is 4.72. The lowest BCUT2D eigenvalue weighted by Gasteiger charge is -2.11. The maximum atomic E-state index is 12.9. The number of hydrogen-bond donors (Lipinski definition) is 1. The lowest BCUT2D eigenvalue weighted by atomic mass is 10.1. The molecule has 0 aliphatic rings. The second-order valence-electron chi connectivity index (χ2n) is 7.03. The summed E-state index contributed by atoms with van der Waals surface area (Å²) in [5, 5.41) is 7.05. The number of nitrogens with one attached hydrogen (secondary N) is 1. The summed E-state index contributed by atoms with van der Waals surface area (Å²) in [6, 6.07) is 23.1. The van der Waals surface area contributed by atoms with Crippen molar-refractivity contribution >= 4 is 11.6 Å². The molecular weight excluding hydrogens is 403 g/mol. The van der Waals surface area contributed by atoms with Gasteiger partial charge in [0.1, 0.15) is 0 Å². The van der Waals surface area contributed by atoms with E-state index in [1.165, 1.54) is 12.1 Å². The molecule has 0 aliphatic carbocycles. The number of nitrogens with zero attached hydrogens (tertiary/aromatic N) is 2. The molecular formula is C24H18F3N3O. The van der Waals surface area contributed by atoms with Crippen molar-refractivity contribution in [1.29, 1.82) is 0 Å².